The van der Waals surface area contributed by atoms with Crippen LogP contribution in [0.2, 0.25) is 0 Å². The molecule has 0 fully saturated rings. The lowest BCUT2D eigenvalue weighted by Crippen LogP contribution is -2.15. The number of aromatic nitrogens is 3. The number of aryl methyl sites for hydroxylation is 3. The molecule has 0 aliphatic rings. The van der Waals surface area contributed by atoms with Gasteiger partial charge in [0.05, 0.1) is 5.56 Å². The minimum absolute atomic E-state index is 0.0950. The molecule has 0 aliphatic heterocycles. The van der Waals surface area contributed by atoms with Gasteiger partial charge >= 0.3 is 11.9 Å². The van der Waals surface area contributed by atoms with Gasteiger partial charge in [-0.3, -0.25) is 4.98 Å². The zero-order valence-electron chi connectivity index (χ0n) is 14.4. The van der Waals surface area contributed by atoms with Crippen LogP contribution in [0.4, 0.5) is 13.2 Å². The third-order valence-corrected chi connectivity index (χ3v) is 4.16. The minimum Gasteiger partial charge on any atom is -0.290 e. The second-order valence-corrected chi connectivity index (χ2v) is 6.12. The number of benzene rings is 2. The van der Waals surface area contributed by atoms with Crippen LogP contribution >= 0.6 is 0 Å². The van der Waals surface area contributed by atoms with Gasteiger partial charge in [-0.25, -0.2) is 9.78 Å². The number of hydrogen-bond acceptors (Lipinski definition) is 3. The molecule has 3 aromatic rings. The van der Waals surface area contributed by atoms with Gasteiger partial charge in [0.2, 0.25) is 0 Å². The van der Waals surface area contributed by atoms with Crippen LogP contribution in [-0.2, 0) is 6.18 Å². The lowest BCUT2D eigenvalue weighted by molar-refractivity contribution is -0.137. The van der Waals surface area contributed by atoms with Gasteiger partial charge < -0.3 is 0 Å². The van der Waals surface area contributed by atoms with Crippen LogP contribution in [0.15, 0.2) is 41.2 Å². The minimum atomic E-state index is -4.43. The Morgan fingerprint density at radius 2 is 1.58 bits per heavy atom. The highest BCUT2D eigenvalue weighted by Gasteiger charge is 2.30. The Morgan fingerprint density at radius 3 is 2.15 bits per heavy atom. The van der Waals surface area contributed by atoms with Crippen molar-refractivity contribution < 1.29 is 13.2 Å². The molecule has 1 heterocycles. The van der Waals surface area contributed by atoms with Crippen molar-refractivity contribution in [3.05, 3.63) is 69.1 Å². The third kappa shape index (κ3) is 3.37. The van der Waals surface area contributed by atoms with Crippen molar-refractivity contribution in [2.45, 2.75) is 26.9 Å². The summed E-state index contributed by atoms with van der Waals surface area (Å²) in [7, 11) is 0. The van der Waals surface area contributed by atoms with Gasteiger partial charge in [-0.15, -0.1) is 0 Å². The van der Waals surface area contributed by atoms with E-state index in [0.29, 0.717) is 17.0 Å². The molecule has 0 saturated carbocycles. The van der Waals surface area contributed by atoms with E-state index >= 15 is 0 Å². The van der Waals surface area contributed by atoms with E-state index in [4.69, 9.17) is 0 Å². The highest BCUT2D eigenvalue weighted by atomic mass is 19.4. The molecule has 2 aromatic carbocycles. The Bertz CT molecular complexity index is 1020. The Hall–Kier alpha value is -2.96. The summed E-state index contributed by atoms with van der Waals surface area (Å²) in [5.74, 6) is 0.438. The molecule has 0 unspecified atom stereocenters. The van der Waals surface area contributed by atoms with E-state index < -0.39 is 17.4 Å². The standard InChI is InChI=1S/C19H16F3N3O/c1-10-5-4-6-11(2)15(10)17-23-16(24-18(26)25-17)14-8-7-13(9-12(14)3)19(20,21)22/h4-9H,1-3H3,(H,23,24,25,26). The SMILES string of the molecule is Cc1cc(C(F)(F)F)ccc1-c1nc(-c2c(C)cccc2C)[nH]c(=O)n1. The van der Waals surface area contributed by atoms with Crippen LogP contribution in [-0.4, -0.2) is 15.0 Å². The zero-order valence-corrected chi connectivity index (χ0v) is 14.4. The van der Waals surface area contributed by atoms with Crippen molar-refractivity contribution in [2.75, 3.05) is 0 Å². The summed E-state index contributed by atoms with van der Waals surface area (Å²) in [5.41, 5.74) is 2.00. The molecule has 4 nitrogen and oxygen atoms in total. The highest BCUT2D eigenvalue weighted by Crippen LogP contribution is 2.32. The first-order valence-corrected chi connectivity index (χ1v) is 7.90. The second-order valence-electron chi connectivity index (χ2n) is 6.12. The second kappa shape index (κ2) is 6.40. The van der Waals surface area contributed by atoms with Gasteiger partial charge in [-0.1, -0.05) is 24.3 Å². The number of H-pyrrole nitrogens is 1. The molecule has 0 radical (unpaired) electrons. The predicted octanol–water partition coefficient (Wildman–Crippen LogP) is 4.44. The maximum atomic E-state index is 12.9. The van der Waals surface area contributed by atoms with Crippen LogP contribution < -0.4 is 5.69 Å². The molecule has 0 atom stereocenters. The molecule has 7 heteroatoms. The van der Waals surface area contributed by atoms with Crippen LogP contribution in [0, 0.1) is 20.8 Å². The predicted molar refractivity (Wildman–Crippen MR) is 92.7 cm³/mol. The van der Waals surface area contributed by atoms with Crippen molar-refractivity contribution in [3.63, 3.8) is 0 Å². The maximum Gasteiger partial charge on any atom is 0.416 e. The van der Waals surface area contributed by atoms with E-state index in [2.05, 4.69) is 15.0 Å². The summed E-state index contributed by atoms with van der Waals surface area (Å²) < 4.78 is 38.6. The number of alkyl halides is 3. The molecule has 26 heavy (non-hydrogen) atoms. The fraction of sp³-hybridized carbons (Fsp3) is 0.211. The first-order valence-electron chi connectivity index (χ1n) is 7.90. The Kier molecular flexibility index (Phi) is 4.39. The average molecular weight is 359 g/mol. The van der Waals surface area contributed by atoms with Crippen LogP contribution in [0.5, 0.6) is 0 Å². The molecule has 3 rings (SSSR count). The molecule has 134 valence electrons. The van der Waals surface area contributed by atoms with Crippen LogP contribution in [0.3, 0.4) is 0 Å². The molecule has 0 saturated heterocycles. The fourth-order valence-corrected chi connectivity index (χ4v) is 2.90. The fourth-order valence-electron chi connectivity index (χ4n) is 2.90. The van der Waals surface area contributed by atoms with Gasteiger partial charge in [0.1, 0.15) is 5.82 Å². The lowest BCUT2D eigenvalue weighted by Gasteiger charge is -2.12. The van der Waals surface area contributed by atoms with Gasteiger partial charge in [-0.05, 0) is 49.6 Å². The Balaban J connectivity index is 2.17. The molecular formula is C19H16F3N3O. The lowest BCUT2D eigenvalue weighted by atomic mass is 10.0. The topological polar surface area (TPSA) is 58.6 Å². The third-order valence-electron chi connectivity index (χ3n) is 4.16. The van der Waals surface area contributed by atoms with Crippen LogP contribution in [0.1, 0.15) is 22.3 Å². The largest absolute Gasteiger partial charge is 0.416 e. The first kappa shape index (κ1) is 17.8. The summed E-state index contributed by atoms with van der Waals surface area (Å²) in [5, 5.41) is 0. The van der Waals surface area contributed by atoms with Crippen molar-refractivity contribution in [3.8, 4) is 22.8 Å². The maximum absolute atomic E-state index is 12.9. The Morgan fingerprint density at radius 1 is 0.923 bits per heavy atom. The molecule has 0 bridgehead atoms. The number of nitrogens with one attached hydrogen (secondary N) is 1. The van der Waals surface area contributed by atoms with Crippen molar-refractivity contribution >= 4 is 0 Å². The smallest absolute Gasteiger partial charge is 0.290 e. The van der Waals surface area contributed by atoms with Gasteiger partial charge in [-0.2, -0.15) is 18.2 Å². The van der Waals surface area contributed by atoms with Crippen LogP contribution in [0.25, 0.3) is 22.8 Å². The summed E-state index contributed by atoms with van der Waals surface area (Å²) in [4.78, 5) is 22.9. The Labute approximate surface area is 147 Å². The highest BCUT2D eigenvalue weighted by molar-refractivity contribution is 5.67. The number of rotatable bonds is 2. The molecule has 1 aromatic heterocycles. The van der Waals surface area contributed by atoms with E-state index in [1.54, 1.807) is 0 Å². The quantitative estimate of drug-likeness (QED) is 0.736. The van der Waals surface area contributed by atoms with E-state index in [-0.39, 0.29) is 5.82 Å². The van der Waals surface area contributed by atoms with Gasteiger partial charge in [0.15, 0.2) is 5.82 Å². The van der Waals surface area contributed by atoms with Gasteiger partial charge in [0.25, 0.3) is 0 Å². The summed E-state index contributed by atoms with van der Waals surface area (Å²) in [6, 6.07) is 8.97. The summed E-state index contributed by atoms with van der Waals surface area (Å²) in [6.45, 7) is 5.32. The van der Waals surface area contributed by atoms with Crippen molar-refractivity contribution in [1.82, 2.24) is 15.0 Å². The van der Waals surface area contributed by atoms with E-state index in [1.807, 2.05) is 32.0 Å². The normalized spacial score (nSPS) is 11.6. The number of hydrogen-bond donors (Lipinski definition) is 1. The first-order chi connectivity index (χ1) is 12.2. The monoisotopic (exact) mass is 359 g/mol. The molecule has 0 amide bonds. The van der Waals surface area contributed by atoms with E-state index in [9.17, 15) is 18.0 Å². The number of halogens is 3. The molecular weight excluding hydrogens is 343 g/mol. The van der Waals surface area contributed by atoms with E-state index in [0.717, 1.165) is 28.8 Å². The summed E-state index contributed by atoms with van der Waals surface area (Å²) in [6.07, 6.45) is -4.43. The molecule has 1 N–H and O–H groups in total. The average Bonchev–Trinajstić information content (AvgIpc) is 2.53. The zero-order chi connectivity index (χ0) is 19.1. The molecule has 0 spiro atoms. The van der Waals surface area contributed by atoms with Crippen molar-refractivity contribution in [2.24, 2.45) is 0 Å². The van der Waals surface area contributed by atoms with E-state index in [1.165, 1.54) is 13.0 Å². The summed E-state index contributed by atoms with van der Waals surface area (Å²) >= 11 is 0. The number of nitrogens with zero attached hydrogens (tertiary/aromatic N) is 2. The number of aromatic amines is 1. The van der Waals surface area contributed by atoms with Gasteiger partial charge in [0, 0.05) is 11.1 Å². The molecule has 0 aliphatic carbocycles. The van der Waals surface area contributed by atoms with Crippen molar-refractivity contribution in [1.29, 1.82) is 0 Å².